The first-order chi connectivity index (χ1) is 7.25. The zero-order chi connectivity index (χ0) is 10.7. The Labute approximate surface area is 103 Å². The summed E-state index contributed by atoms with van der Waals surface area (Å²) in [6, 6.07) is 0. The van der Waals surface area contributed by atoms with Crippen molar-refractivity contribution in [2.45, 2.75) is 42.4 Å². The fourth-order valence-corrected chi connectivity index (χ4v) is 3.24. The van der Waals surface area contributed by atoms with E-state index in [0.717, 1.165) is 0 Å². The zero-order valence-corrected chi connectivity index (χ0v) is 10.4. The quantitative estimate of drug-likeness (QED) is 0.818. The first-order valence-electron chi connectivity index (χ1n) is 4.98. The van der Waals surface area contributed by atoms with Gasteiger partial charge >= 0.3 is 0 Å². The van der Waals surface area contributed by atoms with Crippen molar-refractivity contribution in [1.82, 2.24) is 15.2 Å². The molecule has 0 radical (unpaired) electrons. The number of hydrogen-bond donors (Lipinski definition) is 0. The SMILES string of the molecule is Clc1nnc(Cl)c(SC2CCCCC2)n1. The minimum Gasteiger partial charge on any atom is -0.207 e. The summed E-state index contributed by atoms with van der Waals surface area (Å²) < 4.78 is 0. The maximum atomic E-state index is 5.90. The predicted octanol–water partition coefficient (Wildman–Crippen LogP) is 3.60. The molecule has 0 saturated heterocycles. The van der Waals surface area contributed by atoms with Gasteiger partial charge in [-0.25, -0.2) is 4.98 Å². The summed E-state index contributed by atoms with van der Waals surface area (Å²) in [6.07, 6.45) is 6.38. The first kappa shape index (κ1) is 11.4. The highest BCUT2D eigenvalue weighted by Gasteiger charge is 2.17. The van der Waals surface area contributed by atoms with Gasteiger partial charge in [0.1, 0.15) is 5.03 Å². The monoisotopic (exact) mass is 263 g/mol. The third kappa shape index (κ3) is 3.20. The minimum absolute atomic E-state index is 0.165. The molecule has 0 unspecified atom stereocenters. The van der Waals surface area contributed by atoms with Crippen LogP contribution in [0.25, 0.3) is 0 Å². The van der Waals surface area contributed by atoms with Crippen LogP contribution in [0.3, 0.4) is 0 Å². The molecule has 1 aromatic heterocycles. The van der Waals surface area contributed by atoms with Crippen LogP contribution in [0.2, 0.25) is 10.4 Å². The third-order valence-electron chi connectivity index (χ3n) is 2.42. The van der Waals surface area contributed by atoms with Gasteiger partial charge in [0.15, 0.2) is 5.15 Å². The summed E-state index contributed by atoms with van der Waals surface area (Å²) in [7, 11) is 0. The van der Waals surface area contributed by atoms with Gasteiger partial charge in [-0.2, -0.15) is 0 Å². The summed E-state index contributed by atoms with van der Waals surface area (Å²) in [5, 5.41) is 9.17. The number of aromatic nitrogens is 3. The van der Waals surface area contributed by atoms with E-state index in [-0.39, 0.29) is 5.28 Å². The highest BCUT2D eigenvalue weighted by atomic mass is 35.5. The van der Waals surface area contributed by atoms with Gasteiger partial charge in [0.25, 0.3) is 0 Å². The molecule has 0 spiro atoms. The number of hydrogen-bond acceptors (Lipinski definition) is 4. The van der Waals surface area contributed by atoms with Crippen LogP contribution in [0.5, 0.6) is 0 Å². The molecule has 1 aliphatic carbocycles. The van der Waals surface area contributed by atoms with Crippen LogP contribution in [0.15, 0.2) is 5.03 Å². The van der Waals surface area contributed by atoms with Gasteiger partial charge in [-0.05, 0) is 24.4 Å². The van der Waals surface area contributed by atoms with Crippen molar-refractivity contribution in [3.63, 3.8) is 0 Å². The Hall–Kier alpha value is -0.0600. The fourth-order valence-electron chi connectivity index (χ4n) is 1.70. The van der Waals surface area contributed by atoms with E-state index in [2.05, 4.69) is 15.2 Å². The molecule has 15 heavy (non-hydrogen) atoms. The molecule has 1 fully saturated rings. The predicted molar refractivity (Wildman–Crippen MR) is 62.6 cm³/mol. The van der Waals surface area contributed by atoms with Crippen LogP contribution in [-0.4, -0.2) is 20.4 Å². The van der Waals surface area contributed by atoms with Crippen LogP contribution in [-0.2, 0) is 0 Å². The van der Waals surface area contributed by atoms with Crippen molar-refractivity contribution < 1.29 is 0 Å². The van der Waals surface area contributed by atoms with E-state index in [1.807, 2.05) is 0 Å². The Balaban J connectivity index is 2.05. The van der Waals surface area contributed by atoms with Gasteiger partial charge in [0.2, 0.25) is 5.28 Å². The fraction of sp³-hybridized carbons (Fsp3) is 0.667. The van der Waals surface area contributed by atoms with Gasteiger partial charge in [-0.1, -0.05) is 42.6 Å². The van der Waals surface area contributed by atoms with Gasteiger partial charge in [0.05, 0.1) is 0 Å². The van der Waals surface area contributed by atoms with Gasteiger partial charge in [0, 0.05) is 5.25 Å². The Morgan fingerprint density at radius 3 is 2.53 bits per heavy atom. The van der Waals surface area contributed by atoms with E-state index in [9.17, 15) is 0 Å². The standard InChI is InChI=1S/C9H11Cl2N3S/c10-7-8(12-9(11)14-13-7)15-6-4-2-1-3-5-6/h6H,1-5H2. The molecule has 1 saturated carbocycles. The lowest BCUT2D eigenvalue weighted by atomic mass is 10.0. The topological polar surface area (TPSA) is 38.7 Å². The minimum atomic E-state index is 0.165. The van der Waals surface area contributed by atoms with Gasteiger partial charge < -0.3 is 0 Å². The average molecular weight is 264 g/mol. The second-order valence-corrected chi connectivity index (χ2v) is 5.54. The molecule has 0 amide bonds. The molecule has 0 N–H and O–H groups in total. The normalized spacial score (nSPS) is 18.0. The van der Waals surface area contributed by atoms with Crippen molar-refractivity contribution in [3.8, 4) is 0 Å². The van der Waals surface area contributed by atoms with Crippen molar-refractivity contribution in [1.29, 1.82) is 0 Å². The largest absolute Gasteiger partial charge is 0.244 e. The smallest absolute Gasteiger partial charge is 0.207 e. The molecule has 3 nitrogen and oxygen atoms in total. The van der Waals surface area contributed by atoms with E-state index in [4.69, 9.17) is 23.2 Å². The molecule has 0 atom stereocenters. The van der Waals surface area contributed by atoms with E-state index in [0.29, 0.717) is 15.4 Å². The summed E-state index contributed by atoms with van der Waals surface area (Å²) in [5.74, 6) is 0. The third-order valence-corrected chi connectivity index (χ3v) is 4.26. The molecule has 6 heteroatoms. The highest BCUT2D eigenvalue weighted by molar-refractivity contribution is 8.00. The number of thioether (sulfide) groups is 1. The lowest BCUT2D eigenvalue weighted by molar-refractivity contribution is 0.515. The van der Waals surface area contributed by atoms with Crippen molar-refractivity contribution in [2.24, 2.45) is 0 Å². The first-order valence-corrected chi connectivity index (χ1v) is 6.61. The number of nitrogens with zero attached hydrogens (tertiary/aromatic N) is 3. The molecule has 0 bridgehead atoms. The van der Waals surface area contributed by atoms with E-state index < -0.39 is 0 Å². The number of halogens is 2. The molecule has 1 aliphatic rings. The highest BCUT2D eigenvalue weighted by Crippen LogP contribution is 2.35. The van der Waals surface area contributed by atoms with E-state index in [1.165, 1.54) is 32.1 Å². The van der Waals surface area contributed by atoms with Crippen LogP contribution < -0.4 is 0 Å². The van der Waals surface area contributed by atoms with Crippen molar-refractivity contribution in [3.05, 3.63) is 10.4 Å². The maximum absolute atomic E-state index is 5.90. The lowest BCUT2D eigenvalue weighted by Gasteiger charge is -2.20. The Morgan fingerprint density at radius 1 is 1.07 bits per heavy atom. The molecule has 1 aromatic rings. The molecule has 0 aliphatic heterocycles. The molecule has 2 rings (SSSR count). The maximum Gasteiger partial charge on any atom is 0.244 e. The van der Waals surface area contributed by atoms with Crippen LogP contribution >= 0.6 is 35.0 Å². The Kier molecular flexibility index (Phi) is 4.05. The van der Waals surface area contributed by atoms with E-state index >= 15 is 0 Å². The van der Waals surface area contributed by atoms with Crippen molar-refractivity contribution >= 4 is 35.0 Å². The molecule has 1 heterocycles. The van der Waals surface area contributed by atoms with Gasteiger partial charge in [-0.3, -0.25) is 0 Å². The van der Waals surface area contributed by atoms with E-state index in [1.54, 1.807) is 11.8 Å². The average Bonchev–Trinajstić information content (AvgIpc) is 2.25. The zero-order valence-electron chi connectivity index (χ0n) is 8.12. The van der Waals surface area contributed by atoms with Crippen LogP contribution in [0.4, 0.5) is 0 Å². The van der Waals surface area contributed by atoms with Crippen LogP contribution in [0.1, 0.15) is 32.1 Å². The number of rotatable bonds is 2. The molecular weight excluding hydrogens is 253 g/mol. The summed E-state index contributed by atoms with van der Waals surface area (Å²) in [5.41, 5.74) is 0. The summed E-state index contributed by atoms with van der Waals surface area (Å²) in [6.45, 7) is 0. The second kappa shape index (κ2) is 5.32. The molecule has 0 aromatic carbocycles. The Morgan fingerprint density at radius 2 is 1.80 bits per heavy atom. The summed E-state index contributed by atoms with van der Waals surface area (Å²) >= 11 is 13.3. The van der Waals surface area contributed by atoms with Crippen LogP contribution in [0, 0.1) is 0 Å². The molecular formula is C9H11Cl2N3S. The lowest BCUT2D eigenvalue weighted by Crippen LogP contribution is -2.08. The summed E-state index contributed by atoms with van der Waals surface area (Å²) in [4.78, 5) is 4.09. The van der Waals surface area contributed by atoms with Gasteiger partial charge in [-0.15, -0.1) is 10.2 Å². The van der Waals surface area contributed by atoms with Crippen molar-refractivity contribution in [2.75, 3.05) is 0 Å². The molecule has 82 valence electrons. The Bertz CT molecular complexity index is 342. The second-order valence-electron chi connectivity index (χ2n) is 3.55.